The van der Waals surface area contributed by atoms with E-state index in [4.69, 9.17) is 5.11 Å². The van der Waals surface area contributed by atoms with Crippen molar-refractivity contribution in [3.05, 3.63) is 16.3 Å². The Hall–Kier alpha value is -1.21. The van der Waals surface area contributed by atoms with Crippen molar-refractivity contribution < 1.29 is 10.0 Å². The number of nitro groups is 1. The molecule has 1 heterocycles. The molecule has 0 aromatic carbocycles. The molecule has 0 unspecified atom stereocenters. The van der Waals surface area contributed by atoms with Crippen molar-refractivity contribution >= 4 is 21.5 Å². The zero-order chi connectivity index (χ0) is 12.3. The fraction of sp³-hybridized carbons (Fsp3) is 0.700. The van der Waals surface area contributed by atoms with E-state index >= 15 is 0 Å². The molecule has 0 amide bonds. The average molecular weight is 257 g/mol. The van der Waals surface area contributed by atoms with E-state index in [1.54, 1.807) is 0 Å². The van der Waals surface area contributed by atoms with E-state index in [1.165, 1.54) is 6.20 Å². The first-order chi connectivity index (χ1) is 8.19. The third kappa shape index (κ3) is 3.13. The number of aliphatic hydroxyl groups excluding tert-OH is 1. The van der Waals surface area contributed by atoms with Crippen LogP contribution in [0.1, 0.15) is 25.7 Å². The van der Waals surface area contributed by atoms with Crippen molar-refractivity contribution in [3.63, 3.8) is 0 Å². The topological polar surface area (TPSA) is 88.3 Å². The highest BCUT2D eigenvalue weighted by Crippen LogP contribution is 2.30. The smallest absolute Gasteiger partial charge is 0.345 e. The maximum Gasteiger partial charge on any atom is 0.345 e. The van der Waals surface area contributed by atoms with Crippen LogP contribution in [-0.4, -0.2) is 27.7 Å². The molecule has 17 heavy (non-hydrogen) atoms. The van der Waals surface area contributed by atoms with Crippen LogP contribution < -0.4 is 5.32 Å². The summed E-state index contributed by atoms with van der Waals surface area (Å²) in [4.78, 5) is 14.1. The van der Waals surface area contributed by atoms with Gasteiger partial charge in [0.15, 0.2) is 5.13 Å². The normalized spacial score (nSPS) is 24.5. The first-order valence-corrected chi connectivity index (χ1v) is 6.48. The van der Waals surface area contributed by atoms with Crippen LogP contribution in [0.3, 0.4) is 0 Å². The van der Waals surface area contributed by atoms with E-state index in [1.807, 2.05) is 0 Å². The summed E-state index contributed by atoms with van der Waals surface area (Å²) in [5.41, 5.74) is 0. The first-order valence-electron chi connectivity index (χ1n) is 5.66. The van der Waals surface area contributed by atoms with Crippen LogP contribution in [0, 0.1) is 16.0 Å². The van der Waals surface area contributed by atoms with Crippen LogP contribution in [0.4, 0.5) is 10.1 Å². The lowest BCUT2D eigenvalue weighted by atomic mass is 9.87. The zero-order valence-corrected chi connectivity index (χ0v) is 10.2. The quantitative estimate of drug-likeness (QED) is 0.636. The zero-order valence-electron chi connectivity index (χ0n) is 9.33. The average Bonchev–Trinajstić information content (AvgIpc) is 2.79. The Morgan fingerprint density at radius 1 is 1.53 bits per heavy atom. The standard InChI is InChI=1S/C10H15N3O3S/c14-6-7-1-3-8(4-2-7)12-10-11-5-9(17-10)13(15)16/h5,7-8,14H,1-4,6H2,(H,11,12). The van der Waals surface area contributed by atoms with Crippen LogP contribution in [-0.2, 0) is 0 Å². The van der Waals surface area contributed by atoms with E-state index in [0.29, 0.717) is 17.1 Å². The Bertz CT molecular complexity index is 388. The van der Waals surface area contributed by atoms with E-state index in [0.717, 1.165) is 37.0 Å². The fourth-order valence-corrected chi connectivity index (χ4v) is 2.79. The molecular formula is C10H15N3O3S. The van der Waals surface area contributed by atoms with E-state index < -0.39 is 4.92 Å². The molecule has 0 bridgehead atoms. The first kappa shape index (κ1) is 12.3. The Morgan fingerprint density at radius 3 is 2.76 bits per heavy atom. The lowest BCUT2D eigenvalue weighted by molar-refractivity contribution is -0.380. The van der Waals surface area contributed by atoms with Gasteiger partial charge >= 0.3 is 5.00 Å². The summed E-state index contributed by atoms with van der Waals surface area (Å²) in [5.74, 6) is 0.415. The molecule has 2 N–H and O–H groups in total. The lowest BCUT2D eigenvalue weighted by Gasteiger charge is -2.27. The minimum Gasteiger partial charge on any atom is -0.396 e. The van der Waals surface area contributed by atoms with Crippen LogP contribution in [0.25, 0.3) is 0 Å². The fourth-order valence-electron chi connectivity index (χ4n) is 2.08. The molecule has 0 atom stereocenters. The Morgan fingerprint density at radius 2 is 2.24 bits per heavy atom. The van der Waals surface area contributed by atoms with Gasteiger partial charge in [-0.1, -0.05) is 0 Å². The highest BCUT2D eigenvalue weighted by atomic mass is 32.1. The van der Waals surface area contributed by atoms with Crippen molar-refractivity contribution in [3.8, 4) is 0 Å². The number of aliphatic hydroxyl groups is 1. The van der Waals surface area contributed by atoms with Gasteiger partial charge in [0.25, 0.3) is 0 Å². The van der Waals surface area contributed by atoms with E-state index in [-0.39, 0.29) is 11.6 Å². The van der Waals surface area contributed by atoms with Gasteiger partial charge in [-0.05, 0) is 42.9 Å². The SMILES string of the molecule is O=[N+]([O-])c1cnc(NC2CCC(CO)CC2)s1. The summed E-state index contributed by atoms with van der Waals surface area (Å²) >= 11 is 1.07. The van der Waals surface area contributed by atoms with Crippen LogP contribution in [0.2, 0.25) is 0 Å². The minimum absolute atomic E-state index is 0.0662. The maximum atomic E-state index is 10.5. The summed E-state index contributed by atoms with van der Waals surface area (Å²) in [6, 6.07) is 0.323. The molecule has 0 saturated heterocycles. The van der Waals surface area contributed by atoms with Crippen molar-refractivity contribution in [2.24, 2.45) is 5.92 Å². The number of rotatable bonds is 4. The largest absolute Gasteiger partial charge is 0.396 e. The van der Waals surface area contributed by atoms with Gasteiger partial charge in [0, 0.05) is 12.6 Å². The molecular weight excluding hydrogens is 242 g/mol. The Kier molecular flexibility index (Phi) is 3.90. The van der Waals surface area contributed by atoms with E-state index in [9.17, 15) is 10.1 Å². The second kappa shape index (κ2) is 5.42. The van der Waals surface area contributed by atoms with Crippen LogP contribution in [0.15, 0.2) is 6.20 Å². The highest BCUT2D eigenvalue weighted by Gasteiger charge is 2.22. The van der Waals surface area contributed by atoms with Gasteiger partial charge < -0.3 is 10.4 Å². The molecule has 1 fully saturated rings. The van der Waals surface area contributed by atoms with Gasteiger partial charge in [0.2, 0.25) is 0 Å². The Labute approximate surface area is 103 Å². The molecule has 1 aliphatic carbocycles. The molecule has 1 aromatic rings. The predicted octanol–water partition coefficient (Wildman–Crippen LogP) is 2.01. The van der Waals surface area contributed by atoms with Gasteiger partial charge in [0.1, 0.15) is 6.20 Å². The molecule has 7 heteroatoms. The number of aromatic nitrogens is 1. The number of hydrogen-bond acceptors (Lipinski definition) is 6. The van der Waals surface area contributed by atoms with Crippen LogP contribution >= 0.6 is 11.3 Å². The summed E-state index contributed by atoms with van der Waals surface area (Å²) in [6.07, 6.45) is 5.26. The van der Waals surface area contributed by atoms with Gasteiger partial charge in [-0.15, -0.1) is 0 Å². The van der Waals surface area contributed by atoms with Gasteiger partial charge in [-0.25, -0.2) is 4.98 Å². The van der Waals surface area contributed by atoms with Crippen molar-refractivity contribution in [1.82, 2.24) is 4.98 Å². The maximum absolute atomic E-state index is 10.5. The monoisotopic (exact) mass is 257 g/mol. The highest BCUT2D eigenvalue weighted by molar-refractivity contribution is 7.18. The van der Waals surface area contributed by atoms with Gasteiger partial charge in [0.05, 0.1) is 4.92 Å². The molecule has 2 rings (SSSR count). The molecule has 1 aromatic heterocycles. The minimum atomic E-state index is -0.425. The summed E-state index contributed by atoms with van der Waals surface area (Å²) in [5, 5.41) is 23.4. The Balaban J connectivity index is 1.86. The molecule has 0 aliphatic heterocycles. The molecule has 1 aliphatic rings. The lowest BCUT2D eigenvalue weighted by Crippen LogP contribution is -2.27. The summed E-state index contributed by atoms with van der Waals surface area (Å²) in [7, 11) is 0. The number of nitrogens with one attached hydrogen (secondary N) is 1. The third-order valence-electron chi connectivity index (χ3n) is 3.11. The predicted molar refractivity (Wildman–Crippen MR) is 65.2 cm³/mol. The molecule has 1 saturated carbocycles. The van der Waals surface area contributed by atoms with Crippen molar-refractivity contribution in [2.75, 3.05) is 11.9 Å². The molecule has 94 valence electrons. The number of anilines is 1. The molecule has 0 spiro atoms. The van der Waals surface area contributed by atoms with Crippen molar-refractivity contribution in [1.29, 1.82) is 0 Å². The molecule has 0 radical (unpaired) electrons. The van der Waals surface area contributed by atoms with Crippen LogP contribution in [0.5, 0.6) is 0 Å². The third-order valence-corrected chi connectivity index (χ3v) is 3.99. The van der Waals surface area contributed by atoms with Gasteiger partial charge in [-0.3, -0.25) is 10.1 Å². The molecule has 6 nitrogen and oxygen atoms in total. The van der Waals surface area contributed by atoms with E-state index in [2.05, 4.69) is 10.3 Å². The second-order valence-electron chi connectivity index (χ2n) is 4.31. The summed E-state index contributed by atoms with van der Waals surface area (Å²) < 4.78 is 0. The number of hydrogen-bond donors (Lipinski definition) is 2. The van der Waals surface area contributed by atoms with Gasteiger partial charge in [-0.2, -0.15) is 0 Å². The number of thiazole rings is 1. The number of nitrogens with zero attached hydrogens (tertiary/aromatic N) is 2. The van der Waals surface area contributed by atoms with Crippen molar-refractivity contribution in [2.45, 2.75) is 31.7 Å². The second-order valence-corrected chi connectivity index (χ2v) is 5.31. The summed E-state index contributed by atoms with van der Waals surface area (Å²) in [6.45, 7) is 0.259.